The third kappa shape index (κ3) is 2.60. The Hall–Kier alpha value is -0.930. The van der Waals surface area contributed by atoms with Gasteiger partial charge in [-0.25, -0.2) is 0 Å². The highest BCUT2D eigenvalue weighted by molar-refractivity contribution is 9.10. The Morgan fingerprint density at radius 1 is 1.38 bits per heavy atom. The smallest absolute Gasteiger partial charge is 0.168 e. The molecule has 0 atom stereocenters. The SMILES string of the molecule is Cc1ccccc1C(=O)Cc1cc(Br)cs1. The molecule has 2 aromatic rings. The van der Waals surface area contributed by atoms with Crippen molar-refractivity contribution in [3.8, 4) is 0 Å². The Morgan fingerprint density at radius 2 is 2.12 bits per heavy atom. The van der Waals surface area contributed by atoms with Gasteiger partial charge in [-0.05, 0) is 34.5 Å². The summed E-state index contributed by atoms with van der Waals surface area (Å²) in [6.45, 7) is 1.97. The first-order valence-corrected chi connectivity index (χ1v) is 6.66. The molecule has 0 fully saturated rings. The first kappa shape index (κ1) is 11.6. The fraction of sp³-hybridized carbons (Fsp3) is 0.154. The van der Waals surface area contributed by atoms with Gasteiger partial charge in [0.15, 0.2) is 5.78 Å². The lowest BCUT2D eigenvalue weighted by atomic mass is 10.0. The minimum Gasteiger partial charge on any atom is -0.294 e. The van der Waals surface area contributed by atoms with Crippen molar-refractivity contribution in [1.82, 2.24) is 0 Å². The zero-order valence-corrected chi connectivity index (χ0v) is 11.3. The van der Waals surface area contributed by atoms with Crippen LogP contribution < -0.4 is 0 Å². The Kier molecular flexibility index (Phi) is 3.56. The van der Waals surface area contributed by atoms with Gasteiger partial charge in [-0.1, -0.05) is 24.3 Å². The Bertz CT molecular complexity index is 516. The summed E-state index contributed by atoms with van der Waals surface area (Å²) in [7, 11) is 0. The van der Waals surface area contributed by atoms with Crippen molar-refractivity contribution in [1.29, 1.82) is 0 Å². The standard InChI is InChI=1S/C13H11BrOS/c1-9-4-2-3-5-12(9)13(15)7-11-6-10(14)8-16-11/h2-6,8H,7H2,1H3. The van der Waals surface area contributed by atoms with Crippen LogP contribution in [0.25, 0.3) is 0 Å². The molecule has 16 heavy (non-hydrogen) atoms. The van der Waals surface area contributed by atoms with E-state index in [0.29, 0.717) is 6.42 Å². The van der Waals surface area contributed by atoms with Crippen LogP contribution in [0.2, 0.25) is 0 Å². The van der Waals surface area contributed by atoms with Crippen molar-refractivity contribution in [3.63, 3.8) is 0 Å². The molecule has 0 aliphatic rings. The number of thiophene rings is 1. The van der Waals surface area contributed by atoms with Crippen molar-refractivity contribution in [2.24, 2.45) is 0 Å². The lowest BCUT2D eigenvalue weighted by Gasteiger charge is -2.02. The second-order valence-electron chi connectivity index (χ2n) is 3.65. The monoisotopic (exact) mass is 294 g/mol. The third-order valence-electron chi connectivity index (χ3n) is 2.40. The van der Waals surface area contributed by atoms with Gasteiger partial charge < -0.3 is 0 Å². The molecule has 1 heterocycles. The van der Waals surface area contributed by atoms with Gasteiger partial charge in [0.05, 0.1) is 0 Å². The number of hydrogen-bond donors (Lipinski definition) is 0. The van der Waals surface area contributed by atoms with Crippen molar-refractivity contribution in [3.05, 3.63) is 56.2 Å². The van der Waals surface area contributed by atoms with E-state index in [0.717, 1.165) is 20.5 Å². The van der Waals surface area contributed by atoms with E-state index in [1.165, 1.54) is 0 Å². The van der Waals surface area contributed by atoms with Gasteiger partial charge >= 0.3 is 0 Å². The minimum atomic E-state index is 0.187. The van der Waals surface area contributed by atoms with Gasteiger partial charge in [0, 0.05) is 26.7 Å². The summed E-state index contributed by atoms with van der Waals surface area (Å²) in [5.74, 6) is 0.187. The maximum Gasteiger partial charge on any atom is 0.168 e. The normalized spacial score (nSPS) is 10.4. The lowest BCUT2D eigenvalue weighted by Crippen LogP contribution is -2.04. The van der Waals surface area contributed by atoms with E-state index < -0.39 is 0 Å². The summed E-state index contributed by atoms with van der Waals surface area (Å²) in [6, 6.07) is 9.72. The molecule has 0 saturated heterocycles. The molecule has 0 N–H and O–H groups in total. The van der Waals surface area contributed by atoms with E-state index in [-0.39, 0.29) is 5.78 Å². The Balaban J connectivity index is 2.18. The lowest BCUT2D eigenvalue weighted by molar-refractivity contribution is 0.0993. The van der Waals surface area contributed by atoms with Crippen LogP contribution in [0.3, 0.4) is 0 Å². The van der Waals surface area contributed by atoms with E-state index in [4.69, 9.17) is 0 Å². The van der Waals surface area contributed by atoms with Crippen LogP contribution >= 0.6 is 27.3 Å². The van der Waals surface area contributed by atoms with Crippen molar-refractivity contribution in [2.75, 3.05) is 0 Å². The van der Waals surface area contributed by atoms with Crippen molar-refractivity contribution in [2.45, 2.75) is 13.3 Å². The molecule has 0 bridgehead atoms. The highest BCUT2D eigenvalue weighted by Gasteiger charge is 2.10. The average molecular weight is 295 g/mol. The number of rotatable bonds is 3. The van der Waals surface area contributed by atoms with Gasteiger partial charge in [0.25, 0.3) is 0 Å². The second kappa shape index (κ2) is 4.93. The maximum atomic E-state index is 12.0. The predicted molar refractivity (Wildman–Crippen MR) is 71.2 cm³/mol. The van der Waals surface area contributed by atoms with Crippen LogP contribution in [0, 0.1) is 6.92 Å². The molecular weight excluding hydrogens is 284 g/mol. The number of benzene rings is 1. The molecule has 2 rings (SSSR count). The Labute approximate surface area is 107 Å². The number of ketones is 1. The molecular formula is C13H11BrOS. The topological polar surface area (TPSA) is 17.1 Å². The fourth-order valence-corrected chi connectivity index (χ4v) is 3.04. The molecule has 1 aromatic carbocycles. The minimum absolute atomic E-state index is 0.187. The third-order valence-corrected chi connectivity index (χ3v) is 4.10. The first-order valence-electron chi connectivity index (χ1n) is 4.98. The first-order chi connectivity index (χ1) is 7.66. The van der Waals surface area contributed by atoms with Gasteiger partial charge in [0.2, 0.25) is 0 Å². The van der Waals surface area contributed by atoms with E-state index in [2.05, 4.69) is 15.9 Å². The van der Waals surface area contributed by atoms with Gasteiger partial charge in [-0.2, -0.15) is 0 Å². The number of halogens is 1. The van der Waals surface area contributed by atoms with E-state index >= 15 is 0 Å². The molecule has 0 aliphatic heterocycles. The summed E-state index contributed by atoms with van der Waals surface area (Å²) in [6.07, 6.45) is 0.487. The number of hydrogen-bond acceptors (Lipinski definition) is 2. The average Bonchev–Trinajstić information content (AvgIpc) is 2.64. The number of carbonyl (C=O) groups is 1. The summed E-state index contributed by atoms with van der Waals surface area (Å²) in [4.78, 5) is 13.1. The second-order valence-corrected chi connectivity index (χ2v) is 5.56. The maximum absolute atomic E-state index is 12.0. The molecule has 0 spiro atoms. The zero-order valence-electron chi connectivity index (χ0n) is 8.87. The van der Waals surface area contributed by atoms with Gasteiger partial charge in [-0.3, -0.25) is 4.79 Å². The highest BCUT2D eigenvalue weighted by atomic mass is 79.9. The molecule has 1 nitrogen and oxygen atoms in total. The molecule has 1 aromatic heterocycles. The van der Waals surface area contributed by atoms with Gasteiger partial charge in [-0.15, -0.1) is 11.3 Å². The zero-order chi connectivity index (χ0) is 11.5. The molecule has 0 amide bonds. The molecule has 0 aliphatic carbocycles. The molecule has 0 radical (unpaired) electrons. The predicted octanol–water partition coefficient (Wildman–Crippen LogP) is 4.24. The number of carbonyl (C=O) groups excluding carboxylic acids is 1. The molecule has 82 valence electrons. The van der Waals surface area contributed by atoms with Crippen LogP contribution in [0.4, 0.5) is 0 Å². The van der Waals surface area contributed by atoms with Crippen LogP contribution in [0.1, 0.15) is 20.8 Å². The van der Waals surface area contributed by atoms with E-state index in [1.54, 1.807) is 11.3 Å². The summed E-state index contributed by atoms with van der Waals surface area (Å²) in [5, 5.41) is 2.00. The van der Waals surface area contributed by atoms with Crippen LogP contribution in [0.5, 0.6) is 0 Å². The molecule has 0 saturated carbocycles. The summed E-state index contributed by atoms with van der Waals surface area (Å²) < 4.78 is 1.05. The molecule has 0 unspecified atom stereocenters. The summed E-state index contributed by atoms with van der Waals surface area (Å²) in [5.41, 5.74) is 1.87. The fourth-order valence-electron chi connectivity index (χ4n) is 1.59. The number of Topliss-reactive ketones (excluding diaryl/α,β-unsaturated/α-hetero) is 1. The van der Waals surface area contributed by atoms with Crippen LogP contribution in [0.15, 0.2) is 40.2 Å². The molecule has 3 heteroatoms. The quantitative estimate of drug-likeness (QED) is 0.774. The van der Waals surface area contributed by atoms with E-state index in [1.807, 2.05) is 42.6 Å². The Morgan fingerprint density at radius 3 is 2.75 bits per heavy atom. The van der Waals surface area contributed by atoms with Crippen molar-refractivity contribution < 1.29 is 4.79 Å². The van der Waals surface area contributed by atoms with Crippen molar-refractivity contribution >= 4 is 33.0 Å². The number of aryl methyl sites for hydroxylation is 1. The largest absolute Gasteiger partial charge is 0.294 e. The van der Waals surface area contributed by atoms with Gasteiger partial charge in [0.1, 0.15) is 0 Å². The van der Waals surface area contributed by atoms with Crippen LogP contribution in [-0.2, 0) is 6.42 Å². The highest BCUT2D eigenvalue weighted by Crippen LogP contribution is 2.21. The van der Waals surface area contributed by atoms with E-state index in [9.17, 15) is 4.79 Å². The van der Waals surface area contributed by atoms with Crippen LogP contribution in [-0.4, -0.2) is 5.78 Å². The summed E-state index contributed by atoms with van der Waals surface area (Å²) >= 11 is 5.00.